The van der Waals surface area contributed by atoms with Crippen molar-refractivity contribution < 1.29 is 14.1 Å². The molecule has 2 aromatic rings. The molecule has 136 valence electrons. The maximum absolute atomic E-state index is 12.7. The van der Waals surface area contributed by atoms with Gasteiger partial charge in [0, 0.05) is 51.0 Å². The first-order valence-electron chi connectivity index (χ1n) is 8.93. The van der Waals surface area contributed by atoms with Crippen molar-refractivity contribution in [2.75, 3.05) is 44.2 Å². The maximum atomic E-state index is 12.7. The van der Waals surface area contributed by atoms with Gasteiger partial charge in [-0.05, 0) is 19.1 Å². The number of carbonyl (C=O) groups excluding carboxylic acids is 2. The highest BCUT2D eigenvalue weighted by atomic mass is 16.5. The van der Waals surface area contributed by atoms with E-state index in [0.717, 1.165) is 26.2 Å². The Hall–Kier alpha value is -2.83. The summed E-state index contributed by atoms with van der Waals surface area (Å²) in [6.45, 7) is 5.79. The molecule has 3 heterocycles. The van der Waals surface area contributed by atoms with Crippen LogP contribution in [0.5, 0.6) is 0 Å². The van der Waals surface area contributed by atoms with Gasteiger partial charge in [0.15, 0.2) is 5.69 Å². The zero-order valence-corrected chi connectivity index (χ0v) is 14.8. The predicted molar refractivity (Wildman–Crippen MR) is 95.9 cm³/mol. The van der Waals surface area contributed by atoms with Gasteiger partial charge in [-0.2, -0.15) is 0 Å². The number of anilines is 1. The van der Waals surface area contributed by atoms with Gasteiger partial charge in [-0.1, -0.05) is 23.4 Å². The molecule has 2 aliphatic heterocycles. The van der Waals surface area contributed by atoms with Crippen molar-refractivity contribution in [3.8, 4) is 0 Å². The summed E-state index contributed by atoms with van der Waals surface area (Å²) in [5, 5.41) is 3.75. The van der Waals surface area contributed by atoms with Crippen molar-refractivity contribution in [2.45, 2.75) is 6.92 Å². The fraction of sp³-hybridized carbons (Fsp3) is 0.421. The van der Waals surface area contributed by atoms with Gasteiger partial charge in [-0.15, -0.1) is 0 Å². The van der Waals surface area contributed by atoms with Crippen molar-refractivity contribution in [2.24, 2.45) is 5.92 Å². The quantitative estimate of drug-likeness (QED) is 0.833. The summed E-state index contributed by atoms with van der Waals surface area (Å²) in [4.78, 5) is 30.8. The van der Waals surface area contributed by atoms with E-state index in [4.69, 9.17) is 4.52 Å². The first kappa shape index (κ1) is 16.6. The van der Waals surface area contributed by atoms with Gasteiger partial charge in [0.1, 0.15) is 5.76 Å². The van der Waals surface area contributed by atoms with Gasteiger partial charge in [0.2, 0.25) is 5.91 Å². The number of nitrogens with zero attached hydrogens (tertiary/aromatic N) is 4. The third-order valence-corrected chi connectivity index (χ3v) is 5.08. The first-order chi connectivity index (χ1) is 12.6. The number of likely N-dealkylation sites (tertiary alicyclic amines) is 1. The maximum Gasteiger partial charge on any atom is 0.276 e. The number of amides is 2. The standard InChI is InChI=1S/C19H22N4O3/c1-14-11-17(20-26-14)19(25)23-12-15(13-23)18(24)22-9-7-21(8-10-22)16-5-3-2-4-6-16/h2-6,11,15H,7-10,12-13H2,1H3. The highest BCUT2D eigenvalue weighted by molar-refractivity contribution is 5.94. The van der Waals surface area contributed by atoms with Crippen molar-refractivity contribution in [3.05, 3.63) is 47.9 Å². The zero-order valence-electron chi connectivity index (χ0n) is 14.8. The van der Waals surface area contributed by atoms with Crippen molar-refractivity contribution >= 4 is 17.5 Å². The Morgan fingerprint density at radius 1 is 1.04 bits per heavy atom. The van der Waals surface area contributed by atoms with Crippen LogP contribution in [0.2, 0.25) is 0 Å². The molecule has 0 saturated carbocycles. The second-order valence-corrected chi connectivity index (χ2v) is 6.88. The zero-order chi connectivity index (χ0) is 18.1. The smallest absolute Gasteiger partial charge is 0.276 e. The Kier molecular flexibility index (Phi) is 4.36. The Labute approximate surface area is 152 Å². The summed E-state index contributed by atoms with van der Waals surface area (Å²) in [6.07, 6.45) is 0. The number of rotatable bonds is 3. The molecule has 2 fully saturated rings. The molecule has 1 aromatic heterocycles. The fourth-order valence-corrected chi connectivity index (χ4v) is 3.51. The number of aromatic nitrogens is 1. The molecule has 7 nitrogen and oxygen atoms in total. The van der Waals surface area contributed by atoms with E-state index in [0.29, 0.717) is 24.5 Å². The lowest BCUT2D eigenvalue weighted by Crippen LogP contribution is -2.59. The summed E-state index contributed by atoms with van der Waals surface area (Å²) in [5.74, 6) is 0.492. The molecule has 0 spiro atoms. The van der Waals surface area contributed by atoms with Gasteiger partial charge in [-0.25, -0.2) is 0 Å². The van der Waals surface area contributed by atoms with Crippen LogP contribution >= 0.6 is 0 Å². The van der Waals surface area contributed by atoms with Crippen LogP contribution in [-0.2, 0) is 4.79 Å². The van der Waals surface area contributed by atoms with Crippen LogP contribution in [0, 0.1) is 12.8 Å². The number of carbonyl (C=O) groups is 2. The molecule has 4 rings (SSSR count). The van der Waals surface area contributed by atoms with E-state index in [9.17, 15) is 9.59 Å². The van der Waals surface area contributed by atoms with Crippen molar-refractivity contribution in [3.63, 3.8) is 0 Å². The van der Waals surface area contributed by atoms with E-state index in [1.54, 1.807) is 17.9 Å². The fourth-order valence-electron chi connectivity index (χ4n) is 3.51. The number of aryl methyl sites for hydroxylation is 1. The highest BCUT2D eigenvalue weighted by Gasteiger charge is 2.39. The first-order valence-corrected chi connectivity index (χ1v) is 8.93. The van der Waals surface area contributed by atoms with Crippen LogP contribution in [0.15, 0.2) is 40.9 Å². The molecule has 0 N–H and O–H groups in total. The Morgan fingerprint density at radius 3 is 2.35 bits per heavy atom. The van der Waals surface area contributed by atoms with E-state index in [1.807, 2.05) is 23.1 Å². The SMILES string of the molecule is Cc1cc(C(=O)N2CC(C(=O)N3CCN(c4ccccc4)CC3)C2)no1. The normalized spacial score (nSPS) is 18.0. The van der Waals surface area contributed by atoms with Gasteiger partial charge >= 0.3 is 0 Å². The Balaban J connectivity index is 1.27. The summed E-state index contributed by atoms with van der Waals surface area (Å²) in [5.41, 5.74) is 1.51. The lowest BCUT2D eigenvalue weighted by molar-refractivity contribution is -0.140. The summed E-state index contributed by atoms with van der Waals surface area (Å²) < 4.78 is 4.94. The third-order valence-electron chi connectivity index (χ3n) is 5.08. The van der Waals surface area contributed by atoms with Crippen LogP contribution in [-0.4, -0.2) is 66.0 Å². The largest absolute Gasteiger partial charge is 0.368 e. The van der Waals surface area contributed by atoms with Crippen molar-refractivity contribution in [1.82, 2.24) is 15.0 Å². The van der Waals surface area contributed by atoms with Gasteiger partial charge in [0.25, 0.3) is 5.91 Å². The number of piperazine rings is 1. The molecule has 2 saturated heterocycles. The van der Waals surface area contributed by atoms with Crippen LogP contribution in [0.4, 0.5) is 5.69 Å². The topological polar surface area (TPSA) is 69.9 Å². The van der Waals surface area contributed by atoms with Crippen LogP contribution in [0.3, 0.4) is 0 Å². The van der Waals surface area contributed by atoms with E-state index in [-0.39, 0.29) is 17.7 Å². The van der Waals surface area contributed by atoms with Gasteiger partial charge in [-0.3, -0.25) is 9.59 Å². The molecule has 0 bridgehead atoms. The average Bonchev–Trinajstić information content (AvgIpc) is 3.07. The number of benzene rings is 1. The third kappa shape index (κ3) is 3.16. The second kappa shape index (κ2) is 6.82. The summed E-state index contributed by atoms with van der Waals surface area (Å²) in [7, 11) is 0. The monoisotopic (exact) mass is 354 g/mol. The number of para-hydroxylation sites is 1. The van der Waals surface area contributed by atoms with Crippen LogP contribution < -0.4 is 4.90 Å². The lowest BCUT2D eigenvalue weighted by atomic mass is 9.97. The minimum atomic E-state index is -0.167. The van der Waals surface area contributed by atoms with Crippen LogP contribution in [0.25, 0.3) is 0 Å². The van der Waals surface area contributed by atoms with Crippen molar-refractivity contribution in [1.29, 1.82) is 0 Å². The molecule has 26 heavy (non-hydrogen) atoms. The van der Waals surface area contributed by atoms with E-state index in [2.05, 4.69) is 22.2 Å². The Bertz CT molecular complexity index is 790. The highest BCUT2D eigenvalue weighted by Crippen LogP contribution is 2.22. The van der Waals surface area contributed by atoms with E-state index < -0.39 is 0 Å². The molecule has 0 unspecified atom stereocenters. The summed E-state index contributed by atoms with van der Waals surface area (Å²) in [6, 6.07) is 11.9. The Morgan fingerprint density at radius 2 is 1.73 bits per heavy atom. The van der Waals surface area contributed by atoms with E-state index in [1.165, 1.54) is 5.69 Å². The molecule has 1 aromatic carbocycles. The molecule has 2 aliphatic rings. The molecule has 0 radical (unpaired) electrons. The minimum Gasteiger partial charge on any atom is -0.368 e. The molecule has 7 heteroatoms. The van der Waals surface area contributed by atoms with Gasteiger partial charge < -0.3 is 19.2 Å². The molecule has 0 aliphatic carbocycles. The lowest BCUT2D eigenvalue weighted by Gasteiger charge is -2.42. The number of hydrogen-bond donors (Lipinski definition) is 0. The molecular formula is C19H22N4O3. The second-order valence-electron chi connectivity index (χ2n) is 6.88. The average molecular weight is 354 g/mol. The predicted octanol–water partition coefficient (Wildman–Crippen LogP) is 1.40. The molecule has 0 atom stereocenters. The summed E-state index contributed by atoms with van der Waals surface area (Å²) >= 11 is 0. The number of hydrogen-bond acceptors (Lipinski definition) is 5. The van der Waals surface area contributed by atoms with Gasteiger partial charge in [0.05, 0.1) is 5.92 Å². The minimum absolute atomic E-state index is 0.102. The van der Waals surface area contributed by atoms with E-state index >= 15 is 0 Å². The molecular weight excluding hydrogens is 332 g/mol. The molecule has 2 amide bonds. The van der Waals surface area contributed by atoms with Crippen LogP contribution in [0.1, 0.15) is 16.2 Å².